The molecule has 3 rings (SSSR count). The average molecular weight is 452 g/mol. The summed E-state index contributed by atoms with van der Waals surface area (Å²) in [4.78, 5) is 39.5. The molecule has 0 aliphatic carbocycles. The molecule has 0 bridgehead atoms. The Balaban J connectivity index is 1.56. The summed E-state index contributed by atoms with van der Waals surface area (Å²) in [5, 5.41) is 6.06. The van der Waals surface area contributed by atoms with Crippen molar-refractivity contribution < 1.29 is 19.1 Å². The van der Waals surface area contributed by atoms with Gasteiger partial charge in [-0.3, -0.25) is 9.59 Å². The number of carbonyl (C=O) groups excluding carboxylic acids is 3. The van der Waals surface area contributed by atoms with E-state index >= 15 is 0 Å². The van der Waals surface area contributed by atoms with E-state index in [2.05, 4.69) is 10.6 Å². The number of nitrogens with one attached hydrogen (secondary N) is 2. The minimum absolute atomic E-state index is 0.0163. The molecule has 2 aromatic carbocycles. The first-order valence-corrected chi connectivity index (χ1v) is 11.4. The van der Waals surface area contributed by atoms with Crippen LogP contribution in [0, 0.1) is 0 Å². The summed E-state index contributed by atoms with van der Waals surface area (Å²) in [6.07, 6.45) is 1.14. The van der Waals surface area contributed by atoms with E-state index in [0.29, 0.717) is 31.5 Å². The third-order valence-corrected chi connectivity index (χ3v) is 5.44. The van der Waals surface area contributed by atoms with E-state index < -0.39 is 11.6 Å². The zero-order valence-corrected chi connectivity index (χ0v) is 19.5. The summed E-state index contributed by atoms with van der Waals surface area (Å²) >= 11 is 0. The van der Waals surface area contributed by atoms with Gasteiger partial charge in [0.05, 0.1) is 12.5 Å². The zero-order valence-electron chi connectivity index (χ0n) is 19.5. The minimum Gasteiger partial charge on any atom is -0.444 e. The Morgan fingerprint density at radius 2 is 1.55 bits per heavy atom. The number of rotatable bonds is 6. The highest BCUT2D eigenvalue weighted by atomic mass is 16.6. The number of nitrogens with zero attached hydrogens (tertiary/aromatic N) is 1. The average Bonchev–Trinajstić information content (AvgIpc) is 2.79. The maximum atomic E-state index is 12.8. The predicted octanol–water partition coefficient (Wildman–Crippen LogP) is 4.06. The highest BCUT2D eigenvalue weighted by Crippen LogP contribution is 2.19. The number of carbonyl (C=O) groups is 3. The van der Waals surface area contributed by atoms with Gasteiger partial charge < -0.3 is 20.3 Å². The number of hydrogen-bond donors (Lipinski definition) is 2. The zero-order chi connectivity index (χ0) is 23.8. The van der Waals surface area contributed by atoms with Crippen molar-refractivity contribution >= 4 is 17.9 Å². The van der Waals surface area contributed by atoms with Crippen molar-refractivity contribution in [2.75, 3.05) is 13.1 Å². The van der Waals surface area contributed by atoms with Gasteiger partial charge in [0, 0.05) is 24.7 Å². The fourth-order valence-corrected chi connectivity index (χ4v) is 3.77. The molecular weight excluding hydrogens is 418 g/mol. The van der Waals surface area contributed by atoms with Crippen LogP contribution >= 0.6 is 0 Å². The number of hydrogen-bond acceptors (Lipinski definition) is 4. The molecule has 0 spiro atoms. The van der Waals surface area contributed by atoms with Crippen LogP contribution in [0.4, 0.5) is 4.79 Å². The van der Waals surface area contributed by atoms with Crippen LogP contribution in [-0.2, 0) is 9.53 Å². The highest BCUT2D eigenvalue weighted by molar-refractivity contribution is 5.94. The molecule has 7 nitrogen and oxygen atoms in total. The predicted molar refractivity (Wildman–Crippen MR) is 127 cm³/mol. The Morgan fingerprint density at radius 3 is 2.12 bits per heavy atom. The molecule has 1 aliphatic heterocycles. The molecule has 1 heterocycles. The summed E-state index contributed by atoms with van der Waals surface area (Å²) in [6, 6.07) is 18.0. The first kappa shape index (κ1) is 24.3. The molecule has 0 aromatic heterocycles. The number of benzene rings is 2. The molecule has 1 saturated heterocycles. The van der Waals surface area contributed by atoms with E-state index in [-0.39, 0.29) is 30.4 Å². The Labute approximate surface area is 195 Å². The van der Waals surface area contributed by atoms with E-state index in [4.69, 9.17) is 4.74 Å². The molecule has 1 aliphatic rings. The SMILES string of the molecule is CC(C)(C)OC(=O)N1CCC(NC(=O)CC(NC(=O)c2ccccc2)c2ccccc2)CC1. The summed E-state index contributed by atoms with van der Waals surface area (Å²) in [6.45, 7) is 6.60. The minimum atomic E-state index is -0.529. The second kappa shape index (κ2) is 11.0. The molecule has 1 unspecified atom stereocenters. The van der Waals surface area contributed by atoms with Crippen LogP contribution in [0.1, 0.15) is 62.0 Å². The summed E-state index contributed by atoms with van der Waals surface area (Å²) < 4.78 is 5.43. The van der Waals surface area contributed by atoms with Crippen molar-refractivity contribution in [3.63, 3.8) is 0 Å². The lowest BCUT2D eigenvalue weighted by molar-refractivity contribution is -0.122. The van der Waals surface area contributed by atoms with Crippen LogP contribution < -0.4 is 10.6 Å². The van der Waals surface area contributed by atoms with E-state index in [1.54, 1.807) is 17.0 Å². The third kappa shape index (κ3) is 7.63. The molecule has 2 aromatic rings. The smallest absolute Gasteiger partial charge is 0.410 e. The van der Waals surface area contributed by atoms with Crippen molar-refractivity contribution in [1.29, 1.82) is 0 Å². The fraction of sp³-hybridized carbons (Fsp3) is 0.423. The molecule has 33 heavy (non-hydrogen) atoms. The van der Waals surface area contributed by atoms with E-state index in [1.807, 2.05) is 69.3 Å². The topological polar surface area (TPSA) is 87.7 Å². The van der Waals surface area contributed by atoms with E-state index in [1.165, 1.54) is 0 Å². The van der Waals surface area contributed by atoms with Gasteiger partial charge in [0.15, 0.2) is 0 Å². The summed E-state index contributed by atoms with van der Waals surface area (Å²) in [5.41, 5.74) is 0.892. The molecule has 176 valence electrons. The quantitative estimate of drug-likeness (QED) is 0.693. The lowest BCUT2D eigenvalue weighted by atomic mass is 10.0. The van der Waals surface area contributed by atoms with Crippen LogP contribution in [0.2, 0.25) is 0 Å². The number of likely N-dealkylation sites (tertiary alicyclic amines) is 1. The van der Waals surface area contributed by atoms with Gasteiger partial charge in [0.25, 0.3) is 5.91 Å². The van der Waals surface area contributed by atoms with Gasteiger partial charge in [-0.25, -0.2) is 4.79 Å². The molecule has 0 saturated carbocycles. The Bertz CT molecular complexity index is 933. The van der Waals surface area contributed by atoms with Gasteiger partial charge in [-0.05, 0) is 51.3 Å². The third-order valence-electron chi connectivity index (χ3n) is 5.44. The van der Waals surface area contributed by atoms with Gasteiger partial charge in [0.2, 0.25) is 5.91 Å². The maximum absolute atomic E-state index is 12.8. The van der Waals surface area contributed by atoms with Crippen molar-refractivity contribution in [3.05, 3.63) is 71.8 Å². The van der Waals surface area contributed by atoms with Gasteiger partial charge in [-0.1, -0.05) is 48.5 Å². The number of ether oxygens (including phenoxy) is 1. The standard InChI is InChI=1S/C26H33N3O4/c1-26(2,3)33-25(32)29-16-14-21(15-17-29)27-23(30)18-22(19-10-6-4-7-11-19)28-24(31)20-12-8-5-9-13-20/h4-13,21-22H,14-18H2,1-3H3,(H,27,30)(H,28,31). The van der Waals surface area contributed by atoms with Crippen LogP contribution in [0.15, 0.2) is 60.7 Å². The first-order valence-electron chi connectivity index (χ1n) is 11.4. The maximum Gasteiger partial charge on any atom is 0.410 e. The second-order valence-corrected chi connectivity index (χ2v) is 9.32. The molecule has 2 N–H and O–H groups in total. The Kier molecular flexibility index (Phi) is 8.09. The van der Waals surface area contributed by atoms with Crippen molar-refractivity contribution in [3.8, 4) is 0 Å². The fourth-order valence-electron chi connectivity index (χ4n) is 3.77. The summed E-state index contributed by atoms with van der Waals surface area (Å²) in [5.74, 6) is -0.351. The molecular formula is C26H33N3O4. The highest BCUT2D eigenvalue weighted by Gasteiger charge is 2.28. The van der Waals surface area contributed by atoms with Crippen LogP contribution in [-0.4, -0.2) is 47.5 Å². The number of piperidine rings is 1. The van der Waals surface area contributed by atoms with Crippen LogP contribution in [0.5, 0.6) is 0 Å². The van der Waals surface area contributed by atoms with Gasteiger partial charge in [-0.2, -0.15) is 0 Å². The molecule has 0 radical (unpaired) electrons. The molecule has 7 heteroatoms. The Morgan fingerprint density at radius 1 is 0.970 bits per heavy atom. The number of amides is 3. The molecule has 3 amide bonds. The van der Waals surface area contributed by atoms with Crippen molar-refractivity contribution in [2.45, 2.75) is 57.7 Å². The van der Waals surface area contributed by atoms with Crippen molar-refractivity contribution in [2.24, 2.45) is 0 Å². The van der Waals surface area contributed by atoms with Gasteiger partial charge in [-0.15, -0.1) is 0 Å². The summed E-state index contributed by atoms with van der Waals surface area (Å²) in [7, 11) is 0. The first-order chi connectivity index (χ1) is 15.7. The largest absolute Gasteiger partial charge is 0.444 e. The second-order valence-electron chi connectivity index (χ2n) is 9.32. The van der Waals surface area contributed by atoms with E-state index in [0.717, 1.165) is 5.56 Å². The van der Waals surface area contributed by atoms with Crippen LogP contribution in [0.3, 0.4) is 0 Å². The lowest BCUT2D eigenvalue weighted by Crippen LogP contribution is -2.48. The normalized spacial score (nSPS) is 15.4. The molecule has 1 atom stereocenters. The van der Waals surface area contributed by atoms with Gasteiger partial charge >= 0.3 is 6.09 Å². The molecule has 1 fully saturated rings. The monoisotopic (exact) mass is 451 g/mol. The van der Waals surface area contributed by atoms with Crippen molar-refractivity contribution in [1.82, 2.24) is 15.5 Å². The lowest BCUT2D eigenvalue weighted by Gasteiger charge is -2.34. The van der Waals surface area contributed by atoms with Gasteiger partial charge in [0.1, 0.15) is 5.60 Å². The van der Waals surface area contributed by atoms with Crippen LogP contribution in [0.25, 0.3) is 0 Å². The van der Waals surface area contributed by atoms with E-state index in [9.17, 15) is 14.4 Å². The Hall–Kier alpha value is -3.35.